The van der Waals surface area contributed by atoms with Crippen LogP contribution in [0.5, 0.6) is 17.2 Å². The number of para-hydroxylation sites is 1. The van der Waals surface area contributed by atoms with E-state index in [0.717, 1.165) is 0 Å². The topological polar surface area (TPSA) is 85.9 Å². The van der Waals surface area contributed by atoms with Gasteiger partial charge in [-0.25, -0.2) is 0 Å². The highest BCUT2D eigenvalue weighted by Gasteiger charge is 2.15. The molecule has 0 saturated heterocycles. The Labute approximate surface area is 145 Å². The molecule has 132 valence electrons. The largest absolute Gasteiger partial charge is 0.497 e. The van der Waals surface area contributed by atoms with Crippen LogP contribution in [-0.4, -0.2) is 31.6 Å². The number of rotatable bonds is 7. The van der Waals surface area contributed by atoms with Gasteiger partial charge < -0.3 is 14.2 Å². The zero-order chi connectivity index (χ0) is 18.1. The fraction of sp³-hybridized carbons (Fsp3) is 0.222. The molecule has 0 saturated carbocycles. The smallest absolute Gasteiger partial charge is 0.279 e. The van der Waals surface area contributed by atoms with Gasteiger partial charge in [0.25, 0.3) is 11.8 Å². The first-order valence-corrected chi connectivity index (χ1v) is 7.65. The van der Waals surface area contributed by atoms with Crippen molar-refractivity contribution >= 4 is 11.8 Å². The molecule has 0 aliphatic carbocycles. The van der Waals surface area contributed by atoms with E-state index in [1.54, 1.807) is 62.6 Å². The van der Waals surface area contributed by atoms with Crippen LogP contribution in [0.4, 0.5) is 0 Å². The lowest BCUT2D eigenvalue weighted by atomic mass is 10.3. The Balaban J connectivity index is 1.70. The second kappa shape index (κ2) is 9.17. The monoisotopic (exact) mass is 344 g/mol. The number of benzene rings is 2. The number of hydrogen-bond acceptors (Lipinski definition) is 5. The first-order valence-electron chi connectivity index (χ1n) is 7.65. The lowest BCUT2D eigenvalue weighted by Gasteiger charge is -2.15. The summed E-state index contributed by atoms with van der Waals surface area (Å²) >= 11 is 0. The third-order valence-electron chi connectivity index (χ3n) is 3.18. The molecule has 0 spiro atoms. The summed E-state index contributed by atoms with van der Waals surface area (Å²) in [7, 11) is 1.56. The molecule has 2 aromatic carbocycles. The summed E-state index contributed by atoms with van der Waals surface area (Å²) in [5.41, 5.74) is 4.57. The fourth-order valence-corrected chi connectivity index (χ4v) is 1.85. The molecule has 2 amide bonds. The Hall–Kier alpha value is -3.22. The number of methoxy groups -OCH3 is 1. The van der Waals surface area contributed by atoms with E-state index in [0.29, 0.717) is 17.2 Å². The number of carbonyl (C=O) groups excluding carboxylic acids is 2. The molecule has 7 heteroatoms. The van der Waals surface area contributed by atoms with Gasteiger partial charge in [0.05, 0.1) is 7.11 Å². The molecule has 0 aliphatic rings. The lowest BCUT2D eigenvalue weighted by Crippen LogP contribution is -2.48. The fourth-order valence-electron chi connectivity index (χ4n) is 1.85. The Morgan fingerprint density at radius 1 is 0.920 bits per heavy atom. The Bertz CT molecular complexity index is 688. The molecule has 0 radical (unpaired) electrons. The van der Waals surface area contributed by atoms with Crippen molar-refractivity contribution in [2.24, 2.45) is 0 Å². The van der Waals surface area contributed by atoms with Gasteiger partial charge in [-0.05, 0) is 43.3 Å². The van der Waals surface area contributed by atoms with Gasteiger partial charge in [-0.1, -0.05) is 18.2 Å². The second-order valence-electron chi connectivity index (χ2n) is 5.07. The van der Waals surface area contributed by atoms with E-state index in [4.69, 9.17) is 14.2 Å². The molecule has 0 heterocycles. The van der Waals surface area contributed by atoms with Gasteiger partial charge in [-0.15, -0.1) is 0 Å². The molecule has 0 fully saturated rings. The first-order chi connectivity index (χ1) is 12.1. The van der Waals surface area contributed by atoms with Gasteiger partial charge in [-0.2, -0.15) is 0 Å². The number of hydrazine groups is 1. The molecule has 0 aliphatic heterocycles. The van der Waals surface area contributed by atoms with Gasteiger partial charge in [0.2, 0.25) is 0 Å². The lowest BCUT2D eigenvalue weighted by molar-refractivity contribution is -0.133. The van der Waals surface area contributed by atoms with E-state index in [-0.39, 0.29) is 6.61 Å². The minimum Gasteiger partial charge on any atom is -0.497 e. The number of hydrogen-bond donors (Lipinski definition) is 2. The number of nitrogens with one attached hydrogen (secondary N) is 2. The van der Waals surface area contributed by atoms with Crippen LogP contribution in [0.2, 0.25) is 0 Å². The van der Waals surface area contributed by atoms with Crippen molar-refractivity contribution in [3.8, 4) is 17.2 Å². The van der Waals surface area contributed by atoms with Gasteiger partial charge in [-0.3, -0.25) is 20.4 Å². The summed E-state index contributed by atoms with van der Waals surface area (Å²) in [5.74, 6) is 0.816. The molecule has 0 bridgehead atoms. The zero-order valence-electron chi connectivity index (χ0n) is 14.0. The van der Waals surface area contributed by atoms with E-state index >= 15 is 0 Å². The summed E-state index contributed by atoms with van der Waals surface area (Å²) in [4.78, 5) is 23.6. The van der Waals surface area contributed by atoms with E-state index in [1.165, 1.54) is 0 Å². The van der Waals surface area contributed by atoms with Crippen LogP contribution >= 0.6 is 0 Å². The van der Waals surface area contributed by atoms with E-state index in [2.05, 4.69) is 10.9 Å². The summed E-state index contributed by atoms with van der Waals surface area (Å²) < 4.78 is 15.8. The summed E-state index contributed by atoms with van der Waals surface area (Å²) in [5, 5.41) is 0. The second-order valence-corrected chi connectivity index (χ2v) is 5.07. The van der Waals surface area contributed by atoms with Gasteiger partial charge >= 0.3 is 0 Å². The van der Waals surface area contributed by atoms with Crippen molar-refractivity contribution < 1.29 is 23.8 Å². The number of amides is 2. The number of carbonyl (C=O) groups is 2. The van der Waals surface area contributed by atoms with Crippen LogP contribution in [0.25, 0.3) is 0 Å². The summed E-state index contributed by atoms with van der Waals surface area (Å²) in [6, 6.07) is 15.7. The van der Waals surface area contributed by atoms with Crippen molar-refractivity contribution in [3.63, 3.8) is 0 Å². The Morgan fingerprint density at radius 2 is 1.56 bits per heavy atom. The van der Waals surface area contributed by atoms with Crippen LogP contribution < -0.4 is 25.1 Å². The van der Waals surface area contributed by atoms with Crippen molar-refractivity contribution in [3.05, 3.63) is 54.6 Å². The maximum absolute atomic E-state index is 11.9. The molecular formula is C18H20N2O5. The predicted molar refractivity (Wildman–Crippen MR) is 91.3 cm³/mol. The van der Waals surface area contributed by atoms with E-state index < -0.39 is 17.9 Å². The molecule has 2 N–H and O–H groups in total. The Kier molecular flexibility index (Phi) is 6.65. The van der Waals surface area contributed by atoms with Gasteiger partial charge in [0.15, 0.2) is 12.7 Å². The van der Waals surface area contributed by atoms with Gasteiger partial charge in [0.1, 0.15) is 17.2 Å². The van der Waals surface area contributed by atoms with Crippen molar-refractivity contribution in [2.75, 3.05) is 13.7 Å². The molecule has 7 nitrogen and oxygen atoms in total. The molecule has 25 heavy (non-hydrogen) atoms. The first kappa shape index (κ1) is 18.1. The third kappa shape index (κ3) is 6.06. The van der Waals surface area contributed by atoms with Crippen LogP contribution in [-0.2, 0) is 9.59 Å². The van der Waals surface area contributed by atoms with Gasteiger partial charge in [0, 0.05) is 0 Å². The maximum atomic E-state index is 11.9. The van der Waals surface area contributed by atoms with Crippen molar-refractivity contribution in [1.82, 2.24) is 10.9 Å². The van der Waals surface area contributed by atoms with Crippen LogP contribution in [0.1, 0.15) is 6.92 Å². The minimum atomic E-state index is -0.759. The molecule has 2 rings (SSSR count). The molecule has 0 unspecified atom stereocenters. The van der Waals surface area contributed by atoms with Crippen LogP contribution in [0.3, 0.4) is 0 Å². The average Bonchev–Trinajstić information content (AvgIpc) is 2.65. The summed E-state index contributed by atoms with van der Waals surface area (Å²) in [6.45, 7) is 1.35. The molecule has 0 aromatic heterocycles. The highest BCUT2D eigenvalue weighted by molar-refractivity contribution is 5.85. The third-order valence-corrected chi connectivity index (χ3v) is 3.18. The molecule has 1 atom stereocenters. The standard InChI is InChI=1S/C18H20N2O5/c1-13(25-16-6-4-3-5-7-16)18(22)20-19-17(21)12-24-15-10-8-14(23-2)9-11-15/h3-11,13H,12H2,1-2H3,(H,19,21)(H,20,22)/t13-/m1/s1. The number of ether oxygens (including phenoxy) is 3. The quantitative estimate of drug-likeness (QED) is 0.747. The van der Waals surface area contributed by atoms with Crippen molar-refractivity contribution in [2.45, 2.75) is 13.0 Å². The maximum Gasteiger partial charge on any atom is 0.279 e. The van der Waals surface area contributed by atoms with E-state index in [1.807, 2.05) is 6.07 Å². The van der Waals surface area contributed by atoms with Crippen LogP contribution in [0, 0.1) is 0 Å². The SMILES string of the molecule is COc1ccc(OCC(=O)NNC(=O)[C@@H](C)Oc2ccccc2)cc1. The minimum absolute atomic E-state index is 0.236. The normalized spacial score (nSPS) is 11.1. The molecular weight excluding hydrogens is 324 g/mol. The highest BCUT2D eigenvalue weighted by Crippen LogP contribution is 2.16. The molecule has 2 aromatic rings. The zero-order valence-corrected chi connectivity index (χ0v) is 14.0. The predicted octanol–water partition coefficient (Wildman–Crippen LogP) is 1.69. The van der Waals surface area contributed by atoms with E-state index in [9.17, 15) is 9.59 Å². The Morgan fingerprint density at radius 3 is 2.20 bits per heavy atom. The average molecular weight is 344 g/mol. The van der Waals surface area contributed by atoms with Crippen molar-refractivity contribution in [1.29, 1.82) is 0 Å². The highest BCUT2D eigenvalue weighted by atomic mass is 16.5. The summed E-state index contributed by atoms with van der Waals surface area (Å²) in [6.07, 6.45) is -0.759. The van der Waals surface area contributed by atoms with Crippen LogP contribution in [0.15, 0.2) is 54.6 Å².